The van der Waals surface area contributed by atoms with Crippen molar-refractivity contribution in [2.24, 2.45) is 0 Å². The van der Waals surface area contributed by atoms with Crippen LogP contribution in [0.5, 0.6) is 5.75 Å². The van der Waals surface area contributed by atoms with E-state index in [4.69, 9.17) is 4.74 Å². The summed E-state index contributed by atoms with van der Waals surface area (Å²) < 4.78 is 14.7. The van der Waals surface area contributed by atoms with Gasteiger partial charge in [0.15, 0.2) is 11.9 Å². The van der Waals surface area contributed by atoms with E-state index in [1.165, 1.54) is 51.5 Å². The number of carbonyl (C=O) groups excluding carboxylic acids is 3. The first-order valence-electron chi connectivity index (χ1n) is 8.70. The van der Waals surface area contributed by atoms with E-state index in [-0.39, 0.29) is 28.3 Å². The van der Waals surface area contributed by atoms with Gasteiger partial charge in [0.2, 0.25) is 0 Å². The molecule has 10 heteroatoms. The molecule has 158 valence electrons. The van der Waals surface area contributed by atoms with Crippen LogP contribution in [0.3, 0.4) is 0 Å². The molecule has 0 aliphatic carbocycles. The Morgan fingerprint density at radius 3 is 2.07 bits per heavy atom. The Morgan fingerprint density at radius 1 is 1.00 bits per heavy atom. The Kier molecular flexibility index (Phi) is 7.08. The number of amides is 1. The van der Waals surface area contributed by atoms with E-state index >= 15 is 0 Å². The Labute approximate surface area is 171 Å². The number of carbonyl (C=O) groups is 3. The number of benzene rings is 2. The van der Waals surface area contributed by atoms with Crippen LogP contribution in [0.1, 0.15) is 33.2 Å². The van der Waals surface area contributed by atoms with Gasteiger partial charge < -0.3 is 19.5 Å². The Morgan fingerprint density at radius 2 is 1.57 bits per heavy atom. The molecule has 0 aliphatic heterocycles. The summed E-state index contributed by atoms with van der Waals surface area (Å²) in [5, 5.41) is 13.7. The van der Waals surface area contributed by atoms with Crippen molar-refractivity contribution in [3.05, 3.63) is 63.2 Å². The lowest BCUT2D eigenvalue weighted by Gasteiger charge is -2.16. The lowest BCUT2D eigenvalue weighted by atomic mass is 10.1. The number of hydrogen-bond donors (Lipinski definition) is 1. The quantitative estimate of drug-likeness (QED) is 0.414. The summed E-state index contributed by atoms with van der Waals surface area (Å²) in [5.41, 5.74) is 0.575. The predicted octanol–water partition coefficient (Wildman–Crippen LogP) is 2.88. The number of nitro benzene ring substituents is 1. The van der Waals surface area contributed by atoms with Crippen LogP contribution >= 0.6 is 0 Å². The molecule has 30 heavy (non-hydrogen) atoms. The van der Waals surface area contributed by atoms with Gasteiger partial charge in [-0.2, -0.15) is 0 Å². The van der Waals surface area contributed by atoms with Gasteiger partial charge in [-0.25, -0.2) is 9.59 Å². The van der Waals surface area contributed by atoms with E-state index in [0.717, 1.165) is 0 Å². The third-order valence-electron chi connectivity index (χ3n) is 4.03. The highest BCUT2D eigenvalue weighted by molar-refractivity contribution is 6.00. The summed E-state index contributed by atoms with van der Waals surface area (Å²) in [5.74, 6) is -2.14. The molecular formula is C20H20N2O8. The smallest absolute Gasteiger partial charge is 0.337 e. The Balaban J connectivity index is 2.25. The van der Waals surface area contributed by atoms with Crippen LogP contribution < -0.4 is 10.1 Å². The molecule has 0 saturated heterocycles. The maximum Gasteiger partial charge on any atom is 0.337 e. The molecular weight excluding hydrogens is 396 g/mol. The highest BCUT2D eigenvalue weighted by atomic mass is 16.6. The van der Waals surface area contributed by atoms with Crippen molar-refractivity contribution in [1.29, 1.82) is 0 Å². The van der Waals surface area contributed by atoms with E-state index in [1.54, 1.807) is 13.0 Å². The van der Waals surface area contributed by atoms with E-state index in [0.29, 0.717) is 5.56 Å². The zero-order chi connectivity index (χ0) is 22.4. The number of ether oxygens (including phenoxy) is 3. The highest BCUT2D eigenvalue weighted by Crippen LogP contribution is 2.29. The molecule has 10 nitrogen and oxygen atoms in total. The second kappa shape index (κ2) is 9.50. The lowest BCUT2D eigenvalue weighted by Crippen LogP contribution is -2.30. The van der Waals surface area contributed by atoms with Crippen LogP contribution in [0.15, 0.2) is 36.4 Å². The molecule has 0 aliphatic rings. The zero-order valence-corrected chi connectivity index (χ0v) is 16.8. The first kappa shape index (κ1) is 22.3. The molecule has 0 radical (unpaired) electrons. The first-order chi connectivity index (χ1) is 14.2. The topological polar surface area (TPSA) is 134 Å². The van der Waals surface area contributed by atoms with Gasteiger partial charge in [-0.3, -0.25) is 14.9 Å². The molecule has 0 heterocycles. The molecule has 2 rings (SSSR count). The van der Waals surface area contributed by atoms with E-state index in [1.807, 2.05) is 0 Å². The van der Waals surface area contributed by atoms with Crippen LogP contribution in [0, 0.1) is 17.0 Å². The molecule has 1 atom stereocenters. The van der Waals surface area contributed by atoms with Crippen LogP contribution in [-0.2, 0) is 14.3 Å². The van der Waals surface area contributed by atoms with Crippen molar-refractivity contribution in [2.45, 2.75) is 20.0 Å². The highest BCUT2D eigenvalue weighted by Gasteiger charge is 2.22. The molecule has 0 unspecified atom stereocenters. The number of methoxy groups -OCH3 is 2. The summed E-state index contributed by atoms with van der Waals surface area (Å²) in [6.07, 6.45) is -1.12. The number of rotatable bonds is 7. The van der Waals surface area contributed by atoms with Gasteiger partial charge >= 0.3 is 17.6 Å². The minimum absolute atomic E-state index is 0.0263. The van der Waals surface area contributed by atoms with Gasteiger partial charge in [-0.15, -0.1) is 0 Å². The molecule has 1 amide bonds. The maximum absolute atomic E-state index is 12.5. The zero-order valence-electron chi connectivity index (χ0n) is 16.8. The van der Waals surface area contributed by atoms with Crippen LogP contribution in [-0.4, -0.2) is 43.1 Å². The van der Waals surface area contributed by atoms with Gasteiger partial charge in [-0.05, 0) is 43.7 Å². The monoisotopic (exact) mass is 416 g/mol. The second-order valence-electron chi connectivity index (χ2n) is 6.26. The summed E-state index contributed by atoms with van der Waals surface area (Å²) in [7, 11) is 2.35. The van der Waals surface area contributed by atoms with Crippen molar-refractivity contribution in [3.8, 4) is 5.75 Å². The van der Waals surface area contributed by atoms with Gasteiger partial charge in [0.05, 0.1) is 30.3 Å². The molecule has 2 aromatic rings. The fraction of sp³-hybridized carbons (Fsp3) is 0.250. The first-order valence-corrected chi connectivity index (χ1v) is 8.70. The van der Waals surface area contributed by atoms with Crippen molar-refractivity contribution in [2.75, 3.05) is 19.5 Å². The lowest BCUT2D eigenvalue weighted by molar-refractivity contribution is -0.386. The third kappa shape index (κ3) is 5.31. The van der Waals surface area contributed by atoms with E-state index in [2.05, 4.69) is 14.8 Å². The molecule has 0 fully saturated rings. The molecule has 2 aromatic carbocycles. The minimum atomic E-state index is -1.12. The summed E-state index contributed by atoms with van der Waals surface area (Å²) in [6.45, 7) is 3.10. The normalized spacial score (nSPS) is 11.2. The fourth-order valence-corrected chi connectivity index (χ4v) is 2.53. The van der Waals surface area contributed by atoms with Gasteiger partial charge in [0, 0.05) is 11.8 Å². The molecule has 0 saturated carbocycles. The number of nitro groups is 1. The van der Waals surface area contributed by atoms with Gasteiger partial charge in [0.1, 0.15) is 0 Å². The Hall–Kier alpha value is -3.95. The number of anilines is 1. The van der Waals surface area contributed by atoms with Crippen molar-refractivity contribution < 1.29 is 33.5 Å². The van der Waals surface area contributed by atoms with Crippen molar-refractivity contribution in [1.82, 2.24) is 0 Å². The van der Waals surface area contributed by atoms with Crippen molar-refractivity contribution >= 4 is 29.2 Å². The Bertz CT molecular complexity index is 968. The molecule has 0 spiro atoms. The fourth-order valence-electron chi connectivity index (χ4n) is 2.53. The number of nitrogens with zero attached hydrogens (tertiary/aromatic N) is 1. The van der Waals surface area contributed by atoms with Crippen LogP contribution in [0.4, 0.5) is 11.4 Å². The predicted molar refractivity (Wildman–Crippen MR) is 106 cm³/mol. The average Bonchev–Trinajstić information content (AvgIpc) is 2.73. The summed E-state index contributed by atoms with van der Waals surface area (Å²) in [4.78, 5) is 46.8. The maximum atomic E-state index is 12.5. The van der Waals surface area contributed by atoms with Crippen molar-refractivity contribution in [3.63, 3.8) is 0 Å². The summed E-state index contributed by atoms with van der Waals surface area (Å²) in [6, 6.07) is 8.26. The largest absolute Gasteiger partial charge is 0.474 e. The van der Waals surface area contributed by atoms with E-state index < -0.39 is 28.9 Å². The number of aryl methyl sites for hydroxylation is 1. The standard InChI is InChI=1S/C20H20N2O8/c1-11-5-6-17(16(7-11)22(26)27)30-12(2)18(23)21-15-9-13(19(24)28-3)8-14(10-15)20(25)29-4/h5-10,12H,1-4H3,(H,21,23)/t12-/m1/s1. The van der Waals surface area contributed by atoms with E-state index in [9.17, 15) is 24.5 Å². The van der Waals surface area contributed by atoms with Crippen LogP contribution in [0.2, 0.25) is 0 Å². The number of nitrogens with one attached hydrogen (secondary N) is 1. The molecule has 0 bridgehead atoms. The van der Waals surface area contributed by atoms with Crippen LogP contribution in [0.25, 0.3) is 0 Å². The number of esters is 2. The number of hydrogen-bond acceptors (Lipinski definition) is 8. The second-order valence-corrected chi connectivity index (χ2v) is 6.26. The minimum Gasteiger partial charge on any atom is -0.474 e. The summed E-state index contributed by atoms with van der Waals surface area (Å²) >= 11 is 0. The SMILES string of the molecule is COC(=O)c1cc(NC(=O)[C@@H](C)Oc2ccc(C)cc2[N+](=O)[O-])cc(C(=O)OC)c1. The average molecular weight is 416 g/mol. The third-order valence-corrected chi connectivity index (χ3v) is 4.03. The molecule has 0 aromatic heterocycles. The molecule has 1 N–H and O–H groups in total. The van der Waals surface area contributed by atoms with Gasteiger partial charge in [0.25, 0.3) is 5.91 Å². The van der Waals surface area contributed by atoms with Gasteiger partial charge in [-0.1, -0.05) is 6.07 Å².